The number of carbonyl (C=O) groups is 1. The molecule has 0 aliphatic heterocycles. The minimum Gasteiger partial charge on any atom is -0.497 e. The van der Waals surface area contributed by atoms with E-state index in [0.29, 0.717) is 6.42 Å². The van der Waals surface area contributed by atoms with E-state index in [1.54, 1.807) is 7.11 Å². The number of ketones is 1. The first kappa shape index (κ1) is 16.1. The smallest absolute Gasteiger partial charge is 0.137 e. The van der Waals surface area contributed by atoms with Gasteiger partial charge in [-0.05, 0) is 29.8 Å². The van der Waals surface area contributed by atoms with Crippen molar-refractivity contribution in [2.24, 2.45) is 5.92 Å². The molecule has 0 bridgehead atoms. The Hall–Kier alpha value is -2.29. The lowest BCUT2D eigenvalue weighted by atomic mass is 9.90. The topological polar surface area (TPSA) is 38.3 Å². The molecule has 3 heteroatoms. The number of ether oxygens (including phenoxy) is 1. The van der Waals surface area contributed by atoms with Crippen LogP contribution in [0, 0.1) is 5.92 Å². The van der Waals surface area contributed by atoms with Gasteiger partial charge in [-0.2, -0.15) is 0 Å². The average Bonchev–Trinajstić information content (AvgIpc) is 2.59. The quantitative estimate of drug-likeness (QED) is 0.819. The Bertz CT molecular complexity index is 593. The van der Waals surface area contributed by atoms with Crippen LogP contribution >= 0.6 is 0 Å². The summed E-state index contributed by atoms with van der Waals surface area (Å²) in [5.74, 6) is 0.990. The number of carbonyl (C=O) groups excluding carboxylic acids is 1. The monoisotopic (exact) mass is 297 g/mol. The SMILES string of the molecule is CCC(=O)[C@H](C)[C@@H](Nc1ccc(OC)cc1)c1ccccc1. The molecule has 116 valence electrons. The van der Waals surface area contributed by atoms with Gasteiger partial charge in [0.15, 0.2) is 0 Å². The minimum atomic E-state index is -0.0884. The Balaban J connectivity index is 2.25. The molecule has 0 saturated heterocycles. The molecule has 2 atom stereocenters. The van der Waals surface area contributed by atoms with Crippen LogP contribution in [0.2, 0.25) is 0 Å². The molecule has 0 amide bonds. The van der Waals surface area contributed by atoms with Crippen molar-refractivity contribution >= 4 is 11.5 Å². The van der Waals surface area contributed by atoms with Crippen molar-refractivity contribution in [3.8, 4) is 5.75 Å². The molecule has 22 heavy (non-hydrogen) atoms. The number of rotatable bonds is 7. The second-order valence-electron chi connectivity index (χ2n) is 5.37. The van der Waals surface area contributed by atoms with E-state index < -0.39 is 0 Å². The van der Waals surface area contributed by atoms with E-state index in [0.717, 1.165) is 17.0 Å². The molecular formula is C19H23NO2. The summed E-state index contributed by atoms with van der Waals surface area (Å²) in [5, 5.41) is 3.49. The summed E-state index contributed by atoms with van der Waals surface area (Å²) >= 11 is 0. The molecule has 0 saturated carbocycles. The highest BCUT2D eigenvalue weighted by atomic mass is 16.5. The molecule has 1 N–H and O–H groups in total. The summed E-state index contributed by atoms with van der Waals surface area (Å²) in [6.07, 6.45) is 0.550. The van der Waals surface area contributed by atoms with E-state index in [1.165, 1.54) is 0 Å². The van der Waals surface area contributed by atoms with Gasteiger partial charge in [0.05, 0.1) is 13.2 Å². The summed E-state index contributed by atoms with van der Waals surface area (Å²) in [5.41, 5.74) is 2.10. The van der Waals surface area contributed by atoms with Crippen molar-refractivity contribution in [2.75, 3.05) is 12.4 Å². The second kappa shape index (κ2) is 7.64. The number of hydrogen-bond donors (Lipinski definition) is 1. The van der Waals surface area contributed by atoms with Crippen LogP contribution in [0.3, 0.4) is 0 Å². The molecule has 2 aromatic carbocycles. The Morgan fingerprint density at radius 1 is 1.09 bits per heavy atom. The van der Waals surface area contributed by atoms with Crippen LogP contribution in [-0.2, 0) is 4.79 Å². The van der Waals surface area contributed by atoms with Crippen LogP contribution in [0.5, 0.6) is 5.75 Å². The molecule has 0 aliphatic carbocycles. The van der Waals surface area contributed by atoms with Gasteiger partial charge in [0.1, 0.15) is 11.5 Å². The molecule has 0 unspecified atom stereocenters. The lowest BCUT2D eigenvalue weighted by Gasteiger charge is -2.26. The zero-order valence-corrected chi connectivity index (χ0v) is 13.4. The fourth-order valence-corrected chi connectivity index (χ4v) is 2.53. The second-order valence-corrected chi connectivity index (χ2v) is 5.37. The van der Waals surface area contributed by atoms with E-state index in [4.69, 9.17) is 4.74 Å². The number of nitrogens with one attached hydrogen (secondary N) is 1. The van der Waals surface area contributed by atoms with Crippen molar-refractivity contribution < 1.29 is 9.53 Å². The number of benzene rings is 2. The highest BCUT2D eigenvalue weighted by Gasteiger charge is 2.24. The summed E-state index contributed by atoms with van der Waals surface area (Å²) in [6.45, 7) is 3.90. The first-order valence-corrected chi connectivity index (χ1v) is 7.64. The van der Waals surface area contributed by atoms with Gasteiger partial charge in [-0.15, -0.1) is 0 Å². The highest BCUT2D eigenvalue weighted by molar-refractivity contribution is 5.81. The lowest BCUT2D eigenvalue weighted by molar-refractivity contribution is -0.122. The molecule has 0 aromatic heterocycles. The highest BCUT2D eigenvalue weighted by Crippen LogP contribution is 2.28. The maximum Gasteiger partial charge on any atom is 0.137 e. The third kappa shape index (κ3) is 3.88. The molecule has 0 radical (unpaired) electrons. The Kier molecular flexibility index (Phi) is 5.59. The molecule has 2 aromatic rings. The van der Waals surface area contributed by atoms with E-state index in [9.17, 15) is 4.79 Å². The van der Waals surface area contributed by atoms with E-state index >= 15 is 0 Å². The maximum absolute atomic E-state index is 12.2. The molecule has 0 fully saturated rings. The molecular weight excluding hydrogens is 274 g/mol. The fourth-order valence-electron chi connectivity index (χ4n) is 2.53. The molecule has 3 nitrogen and oxygen atoms in total. The van der Waals surface area contributed by atoms with Gasteiger partial charge < -0.3 is 10.1 Å². The largest absolute Gasteiger partial charge is 0.497 e. The summed E-state index contributed by atoms with van der Waals surface area (Å²) in [7, 11) is 1.65. The minimum absolute atomic E-state index is 0.0398. The van der Waals surface area contributed by atoms with Gasteiger partial charge in [-0.3, -0.25) is 4.79 Å². The zero-order valence-electron chi connectivity index (χ0n) is 13.4. The van der Waals surface area contributed by atoms with Crippen LogP contribution in [0.25, 0.3) is 0 Å². The van der Waals surface area contributed by atoms with Crippen molar-refractivity contribution in [1.29, 1.82) is 0 Å². The van der Waals surface area contributed by atoms with Crippen LogP contribution in [-0.4, -0.2) is 12.9 Å². The van der Waals surface area contributed by atoms with E-state index in [1.807, 2.05) is 56.3 Å². The van der Waals surface area contributed by atoms with Gasteiger partial charge in [0.2, 0.25) is 0 Å². The Morgan fingerprint density at radius 3 is 2.27 bits per heavy atom. The number of anilines is 1. The first-order chi connectivity index (χ1) is 10.7. The predicted molar refractivity (Wildman–Crippen MR) is 90.3 cm³/mol. The number of Topliss-reactive ketones (excluding diaryl/α,β-unsaturated/α-hetero) is 1. The zero-order chi connectivity index (χ0) is 15.9. The first-order valence-electron chi connectivity index (χ1n) is 7.64. The van der Waals surface area contributed by atoms with Gasteiger partial charge in [-0.1, -0.05) is 44.2 Å². The van der Waals surface area contributed by atoms with Crippen molar-refractivity contribution in [1.82, 2.24) is 0 Å². The molecule has 0 aliphatic rings. The van der Waals surface area contributed by atoms with Gasteiger partial charge in [0, 0.05) is 18.0 Å². The number of methoxy groups -OCH3 is 1. The lowest BCUT2D eigenvalue weighted by Crippen LogP contribution is -2.25. The predicted octanol–water partition coefficient (Wildman–Crippen LogP) is 4.46. The molecule has 0 spiro atoms. The van der Waals surface area contributed by atoms with Crippen LogP contribution < -0.4 is 10.1 Å². The van der Waals surface area contributed by atoms with Gasteiger partial charge in [0.25, 0.3) is 0 Å². The Labute approximate surface area is 132 Å². The summed E-state index contributed by atoms with van der Waals surface area (Å²) < 4.78 is 5.18. The van der Waals surface area contributed by atoms with Crippen molar-refractivity contribution in [3.05, 3.63) is 60.2 Å². The van der Waals surface area contributed by atoms with Crippen LogP contribution in [0.1, 0.15) is 31.9 Å². The Morgan fingerprint density at radius 2 is 1.73 bits per heavy atom. The average molecular weight is 297 g/mol. The van der Waals surface area contributed by atoms with Crippen molar-refractivity contribution in [2.45, 2.75) is 26.3 Å². The van der Waals surface area contributed by atoms with E-state index in [-0.39, 0.29) is 17.7 Å². The van der Waals surface area contributed by atoms with Crippen LogP contribution in [0.4, 0.5) is 5.69 Å². The third-order valence-corrected chi connectivity index (χ3v) is 3.93. The van der Waals surface area contributed by atoms with Crippen LogP contribution in [0.15, 0.2) is 54.6 Å². The number of hydrogen-bond acceptors (Lipinski definition) is 3. The maximum atomic E-state index is 12.2. The van der Waals surface area contributed by atoms with E-state index in [2.05, 4.69) is 17.4 Å². The summed E-state index contributed by atoms with van der Waals surface area (Å²) in [4.78, 5) is 12.2. The molecule has 0 heterocycles. The standard InChI is InChI=1S/C19H23NO2/c1-4-18(21)14(2)19(15-8-6-5-7-9-15)20-16-10-12-17(22-3)13-11-16/h5-14,19-20H,4H2,1-3H3/t14-,19+/m0/s1. The van der Waals surface area contributed by atoms with Crippen molar-refractivity contribution in [3.63, 3.8) is 0 Å². The molecule has 2 rings (SSSR count). The van der Waals surface area contributed by atoms with Gasteiger partial charge in [-0.25, -0.2) is 0 Å². The third-order valence-electron chi connectivity index (χ3n) is 3.93. The fraction of sp³-hybridized carbons (Fsp3) is 0.316. The summed E-state index contributed by atoms with van der Waals surface area (Å²) in [6, 6.07) is 17.8. The van der Waals surface area contributed by atoms with Gasteiger partial charge >= 0.3 is 0 Å². The normalized spacial score (nSPS) is 13.2.